The van der Waals surface area contributed by atoms with Crippen LogP contribution in [0.1, 0.15) is 17.6 Å². The second kappa shape index (κ2) is 11.4. The molecule has 1 aliphatic rings. The molecule has 1 aromatic carbocycles. The van der Waals surface area contributed by atoms with E-state index in [2.05, 4.69) is 20.6 Å². The van der Waals surface area contributed by atoms with Gasteiger partial charge in [0.15, 0.2) is 23.2 Å². The standard InChI is InChI=1S/C18H21F3N4O3S.HI/c1-2-22-17(23-6-5-16-25-15(10-29-16)18(19,20)21)24-7-8-26-12-3-4-13-14(9-12)28-11-27-13;/h3-4,9-10H,2,5-8,11H2,1H3,(H2,22,23,24);1H. The fraction of sp³-hybridized carbons (Fsp3) is 0.444. The van der Waals surface area contributed by atoms with Crippen molar-refractivity contribution in [2.75, 3.05) is 33.0 Å². The molecule has 0 atom stereocenters. The summed E-state index contributed by atoms with van der Waals surface area (Å²) in [4.78, 5) is 7.96. The van der Waals surface area contributed by atoms with Crippen LogP contribution in [0.25, 0.3) is 0 Å². The number of thiazole rings is 1. The number of nitrogens with zero attached hydrogens (tertiary/aromatic N) is 2. The fourth-order valence-electron chi connectivity index (χ4n) is 2.47. The number of nitrogens with one attached hydrogen (secondary N) is 2. The van der Waals surface area contributed by atoms with Crippen LogP contribution in [0.4, 0.5) is 13.2 Å². The number of rotatable bonds is 8. The quantitative estimate of drug-likeness (QED) is 0.223. The van der Waals surface area contributed by atoms with Crippen molar-refractivity contribution in [2.24, 2.45) is 4.99 Å². The molecule has 12 heteroatoms. The summed E-state index contributed by atoms with van der Waals surface area (Å²) in [6, 6.07) is 5.36. The maximum absolute atomic E-state index is 12.6. The molecule has 1 aromatic heterocycles. The first-order valence-corrected chi connectivity index (χ1v) is 9.90. The van der Waals surface area contributed by atoms with Crippen molar-refractivity contribution in [3.63, 3.8) is 0 Å². The molecule has 2 heterocycles. The first-order valence-electron chi connectivity index (χ1n) is 9.02. The Morgan fingerprint density at radius 1 is 1.27 bits per heavy atom. The van der Waals surface area contributed by atoms with Crippen LogP contribution in [-0.4, -0.2) is 44.0 Å². The maximum Gasteiger partial charge on any atom is 0.434 e. The van der Waals surface area contributed by atoms with Crippen molar-refractivity contribution in [3.05, 3.63) is 34.3 Å². The number of guanidine groups is 1. The van der Waals surface area contributed by atoms with Crippen molar-refractivity contribution in [2.45, 2.75) is 19.5 Å². The van der Waals surface area contributed by atoms with E-state index < -0.39 is 11.9 Å². The molecule has 0 radical (unpaired) electrons. The van der Waals surface area contributed by atoms with E-state index in [1.165, 1.54) is 0 Å². The van der Waals surface area contributed by atoms with Gasteiger partial charge >= 0.3 is 6.18 Å². The second-order valence-corrected chi connectivity index (χ2v) is 6.87. The molecule has 2 N–H and O–H groups in total. The number of aliphatic imine (C=N–C) groups is 1. The Morgan fingerprint density at radius 2 is 2.07 bits per heavy atom. The molecule has 0 saturated carbocycles. The van der Waals surface area contributed by atoms with Gasteiger partial charge < -0.3 is 24.8 Å². The summed E-state index contributed by atoms with van der Waals surface area (Å²) in [6.45, 7) is 4.01. The zero-order valence-corrected chi connectivity index (χ0v) is 19.3. The van der Waals surface area contributed by atoms with E-state index in [9.17, 15) is 13.2 Å². The second-order valence-electron chi connectivity index (χ2n) is 5.93. The lowest BCUT2D eigenvalue weighted by Gasteiger charge is -2.12. The average molecular weight is 558 g/mol. The number of halogens is 4. The van der Waals surface area contributed by atoms with Gasteiger partial charge in [0.25, 0.3) is 0 Å². The van der Waals surface area contributed by atoms with Crippen molar-refractivity contribution in [1.29, 1.82) is 0 Å². The number of hydrogen-bond acceptors (Lipinski definition) is 6. The number of fused-ring (bicyclic) bond motifs is 1. The Kier molecular flexibility index (Phi) is 9.27. The zero-order valence-electron chi connectivity index (χ0n) is 16.1. The van der Waals surface area contributed by atoms with Gasteiger partial charge in [-0.25, -0.2) is 4.98 Å². The molecular weight excluding hydrogens is 536 g/mol. The molecule has 3 rings (SSSR count). The third-order valence-electron chi connectivity index (χ3n) is 3.79. The smallest absolute Gasteiger partial charge is 0.434 e. The molecule has 0 saturated heterocycles. The summed E-state index contributed by atoms with van der Waals surface area (Å²) in [5.74, 6) is 2.58. The number of aromatic nitrogens is 1. The topological polar surface area (TPSA) is 77.0 Å². The van der Waals surface area contributed by atoms with Gasteiger partial charge in [-0.1, -0.05) is 0 Å². The first-order chi connectivity index (χ1) is 14.0. The van der Waals surface area contributed by atoms with Gasteiger partial charge in [0.2, 0.25) is 6.79 Å². The Hall–Kier alpha value is -1.96. The van der Waals surface area contributed by atoms with E-state index in [-0.39, 0.29) is 30.8 Å². The molecule has 0 amide bonds. The van der Waals surface area contributed by atoms with Crippen LogP contribution in [-0.2, 0) is 12.6 Å². The van der Waals surface area contributed by atoms with E-state index >= 15 is 0 Å². The lowest BCUT2D eigenvalue weighted by Crippen LogP contribution is -2.39. The van der Waals surface area contributed by atoms with E-state index in [0.717, 1.165) is 16.7 Å². The minimum atomic E-state index is -4.41. The number of ether oxygens (including phenoxy) is 3. The van der Waals surface area contributed by atoms with Crippen molar-refractivity contribution >= 4 is 41.3 Å². The van der Waals surface area contributed by atoms with Crippen LogP contribution in [0.3, 0.4) is 0 Å². The van der Waals surface area contributed by atoms with Crippen LogP contribution in [0.5, 0.6) is 17.2 Å². The minimum absolute atomic E-state index is 0. The van der Waals surface area contributed by atoms with E-state index in [0.29, 0.717) is 60.9 Å². The van der Waals surface area contributed by atoms with Crippen LogP contribution >= 0.6 is 35.3 Å². The highest BCUT2D eigenvalue weighted by atomic mass is 127. The number of alkyl halides is 3. The van der Waals surface area contributed by atoms with Crippen LogP contribution < -0.4 is 24.8 Å². The van der Waals surface area contributed by atoms with Gasteiger partial charge in [0, 0.05) is 31.0 Å². The van der Waals surface area contributed by atoms with Gasteiger partial charge in [-0.3, -0.25) is 4.99 Å². The third-order valence-corrected chi connectivity index (χ3v) is 4.70. The molecule has 1 aliphatic heterocycles. The maximum atomic E-state index is 12.6. The van der Waals surface area contributed by atoms with Gasteiger partial charge in [-0.2, -0.15) is 13.2 Å². The molecule has 2 aromatic rings. The normalized spacial score (nSPS) is 13.0. The Bertz CT molecular complexity index is 848. The summed E-state index contributed by atoms with van der Waals surface area (Å²) in [5.41, 5.74) is -0.854. The largest absolute Gasteiger partial charge is 0.492 e. The Balaban J connectivity index is 0.00000320. The summed E-state index contributed by atoms with van der Waals surface area (Å²) in [7, 11) is 0. The van der Waals surface area contributed by atoms with E-state index in [1.54, 1.807) is 18.2 Å². The minimum Gasteiger partial charge on any atom is -0.492 e. The zero-order chi connectivity index (χ0) is 20.7. The lowest BCUT2D eigenvalue weighted by atomic mass is 10.3. The predicted octanol–water partition coefficient (Wildman–Crippen LogP) is 3.69. The number of hydrogen-bond donors (Lipinski definition) is 2. The number of benzene rings is 1. The summed E-state index contributed by atoms with van der Waals surface area (Å²) < 4.78 is 54.0. The van der Waals surface area contributed by atoms with Crippen LogP contribution in [0, 0.1) is 0 Å². The van der Waals surface area contributed by atoms with Crippen molar-refractivity contribution in [1.82, 2.24) is 15.6 Å². The predicted molar refractivity (Wildman–Crippen MR) is 118 cm³/mol. The van der Waals surface area contributed by atoms with Gasteiger partial charge in [0.1, 0.15) is 12.4 Å². The molecule has 166 valence electrons. The molecular formula is C18H22F3IN4O3S. The Labute approximate surface area is 193 Å². The SMILES string of the molecule is CCNC(=NCCc1nc(C(F)(F)F)cs1)NCCOc1ccc2c(c1)OCO2.I. The molecule has 0 fully saturated rings. The van der Waals surface area contributed by atoms with Gasteiger partial charge in [-0.15, -0.1) is 35.3 Å². The summed E-state index contributed by atoms with van der Waals surface area (Å²) in [6.07, 6.45) is -4.07. The van der Waals surface area contributed by atoms with Crippen LogP contribution in [0.15, 0.2) is 28.6 Å². The lowest BCUT2D eigenvalue weighted by molar-refractivity contribution is -0.140. The highest BCUT2D eigenvalue weighted by molar-refractivity contribution is 14.0. The molecule has 0 spiro atoms. The van der Waals surface area contributed by atoms with E-state index in [1.807, 2.05) is 6.92 Å². The highest BCUT2D eigenvalue weighted by Crippen LogP contribution is 2.35. The first kappa shape index (κ1) is 24.3. The molecule has 0 aliphatic carbocycles. The van der Waals surface area contributed by atoms with Gasteiger partial charge in [0.05, 0.1) is 11.6 Å². The highest BCUT2D eigenvalue weighted by Gasteiger charge is 2.33. The summed E-state index contributed by atoms with van der Waals surface area (Å²) >= 11 is 0.989. The molecule has 7 nitrogen and oxygen atoms in total. The Morgan fingerprint density at radius 3 is 2.80 bits per heavy atom. The fourth-order valence-corrected chi connectivity index (χ4v) is 3.26. The molecule has 30 heavy (non-hydrogen) atoms. The molecule has 0 unspecified atom stereocenters. The van der Waals surface area contributed by atoms with Gasteiger partial charge in [-0.05, 0) is 19.1 Å². The van der Waals surface area contributed by atoms with Crippen LogP contribution in [0.2, 0.25) is 0 Å². The van der Waals surface area contributed by atoms with Crippen molar-refractivity contribution < 1.29 is 27.4 Å². The van der Waals surface area contributed by atoms with E-state index in [4.69, 9.17) is 14.2 Å². The third kappa shape index (κ3) is 7.07. The van der Waals surface area contributed by atoms with Crippen molar-refractivity contribution in [3.8, 4) is 17.2 Å². The average Bonchev–Trinajstić information content (AvgIpc) is 3.33. The molecule has 0 bridgehead atoms. The monoisotopic (exact) mass is 558 g/mol. The summed E-state index contributed by atoms with van der Waals surface area (Å²) in [5, 5.41) is 7.63.